The number of rotatable bonds is 7. The van der Waals surface area contributed by atoms with Gasteiger partial charge in [-0.2, -0.15) is 0 Å². The Kier molecular flexibility index (Phi) is 6.26. The molecular weight excluding hydrogens is 342 g/mol. The SMILES string of the molecule is COC(=O)C(C(=O)OC)c1ccc(OCc2ccccc2)cc1[N+](=O)[O-]. The second-order valence-electron chi connectivity index (χ2n) is 5.23. The van der Waals surface area contributed by atoms with E-state index in [9.17, 15) is 19.7 Å². The molecule has 0 aliphatic carbocycles. The predicted octanol–water partition coefficient (Wildman–Crippen LogP) is 2.60. The second kappa shape index (κ2) is 8.61. The lowest BCUT2D eigenvalue weighted by molar-refractivity contribution is -0.385. The van der Waals surface area contributed by atoms with Crippen molar-refractivity contribution in [2.75, 3.05) is 14.2 Å². The molecule has 0 heterocycles. The lowest BCUT2D eigenvalue weighted by Gasteiger charge is -2.14. The van der Waals surface area contributed by atoms with Gasteiger partial charge in [0.25, 0.3) is 5.69 Å². The number of benzene rings is 2. The van der Waals surface area contributed by atoms with Crippen LogP contribution in [0.4, 0.5) is 5.69 Å². The van der Waals surface area contributed by atoms with Crippen molar-refractivity contribution in [3.8, 4) is 5.75 Å². The van der Waals surface area contributed by atoms with Gasteiger partial charge in [0.05, 0.1) is 30.8 Å². The zero-order valence-corrected chi connectivity index (χ0v) is 14.2. The molecule has 0 aliphatic heterocycles. The molecule has 0 atom stereocenters. The van der Waals surface area contributed by atoms with E-state index in [0.29, 0.717) is 0 Å². The lowest BCUT2D eigenvalue weighted by atomic mass is 9.97. The monoisotopic (exact) mass is 359 g/mol. The van der Waals surface area contributed by atoms with E-state index in [1.165, 1.54) is 12.1 Å². The van der Waals surface area contributed by atoms with E-state index in [1.54, 1.807) is 0 Å². The number of ether oxygens (including phenoxy) is 3. The first kappa shape index (κ1) is 18.9. The average molecular weight is 359 g/mol. The fourth-order valence-corrected chi connectivity index (χ4v) is 2.34. The summed E-state index contributed by atoms with van der Waals surface area (Å²) in [5, 5.41) is 11.4. The summed E-state index contributed by atoms with van der Waals surface area (Å²) in [7, 11) is 2.17. The van der Waals surface area contributed by atoms with Crippen LogP contribution in [0.1, 0.15) is 17.0 Å². The summed E-state index contributed by atoms with van der Waals surface area (Å²) in [6.07, 6.45) is 0. The first-order valence-corrected chi connectivity index (χ1v) is 7.58. The number of hydrogen-bond acceptors (Lipinski definition) is 7. The van der Waals surface area contributed by atoms with Gasteiger partial charge in [-0.15, -0.1) is 0 Å². The van der Waals surface area contributed by atoms with Gasteiger partial charge in [-0.05, 0) is 17.7 Å². The van der Waals surface area contributed by atoms with E-state index in [-0.39, 0.29) is 17.9 Å². The highest BCUT2D eigenvalue weighted by atomic mass is 16.6. The van der Waals surface area contributed by atoms with Gasteiger partial charge in [0.15, 0.2) is 5.92 Å². The number of esters is 2. The van der Waals surface area contributed by atoms with Crippen LogP contribution >= 0.6 is 0 Å². The summed E-state index contributed by atoms with van der Waals surface area (Å²) < 4.78 is 14.7. The van der Waals surface area contributed by atoms with Crippen LogP contribution in [0.5, 0.6) is 5.75 Å². The Labute approximate surface area is 149 Å². The van der Waals surface area contributed by atoms with Crippen LogP contribution in [0, 0.1) is 10.1 Å². The highest BCUT2D eigenvalue weighted by Crippen LogP contribution is 2.32. The fourth-order valence-electron chi connectivity index (χ4n) is 2.34. The van der Waals surface area contributed by atoms with Gasteiger partial charge < -0.3 is 14.2 Å². The number of carbonyl (C=O) groups excluding carboxylic acids is 2. The van der Waals surface area contributed by atoms with Crippen molar-refractivity contribution in [3.63, 3.8) is 0 Å². The van der Waals surface area contributed by atoms with E-state index in [4.69, 9.17) is 4.74 Å². The Balaban J connectivity index is 2.34. The molecule has 2 rings (SSSR count). The molecule has 8 nitrogen and oxygen atoms in total. The van der Waals surface area contributed by atoms with Crippen molar-refractivity contribution < 1.29 is 28.7 Å². The Morgan fingerprint density at radius 2 is 1.65 bits per heavy atom. The van der Waals surface area contributed by atoms with E-state index < -0.39 is 28.5 Å². The number of carbonyl (C=O) groups is 2. The molecule has 8 heteroatoms. The van der Waals surface area contributed by atoms with Gasteiger partial charge in [-0.1, -0.05) is 30.3 Å². The molecule has 0 aromatic heterocycles. The number of nitro benzene ring substituents is 1. The molecule has 2 aromatic rings. The molecule has 0 N–H and O–H groups in total. The largest absolute Gasteiger partial charge is 0.489 e. The third-order valence-corrected chi connectivity index (χ3v) is 3.63. The zero-order chi connectivity index (χ0) is 19.1. The molecule has 0 unspecified atom stereocenters. The summed E-state index contributed by atoms with van der Waals surface area (Å²) >= 11 is 0. The van der Waals surface area contributed by atoms with Crippen LogP contribution in [0.15, 0.2) is 48.5 Å². The van der Waals surface area contributed by atoms with Crippen LogP contribution in [-0.2, 0) is 25.7 Å². The van der Waals surface area contributed by atoms with Crippen molar-refractivity contribution in [1.82, 2.24) is 0 Å². The highest BCUT2D eigenvalue weighted by Gasteiger charge is 2.36. The zero-order valence-electron chi connectivity index (χ0n) is 14.2. The molecule has 136 valence electrons. The van der Waals surface area contributed by atoms with Crippen LogP contribution < -0.4 is 4.74 Å². The minimum absolute atomic E-state index is 0.124. The molecule has 0 amide bonds. The second-order valence-corrected chi connectivity index (χ2v) is 5.23. The molecule has 0 aliphatic rings. The maximum absolute atomic E-state index is 11.9. The van der Waals surface area contributed by atoms with Gasteiger partial charge >= 0.3 is 11.9 Å². The number of methoxy groups -OCH3 is 2. The predicted molar refractivity (Wildman–Crippen MR) is 90.6 cm³/mol. The van der Waals surface area contributed by atoms with Gasteiger partial charge in [-0.25, -0.2) is 0 Å². The normalized spacial score (nSPS) is 10.3. The van der Waals surface area contributed by atoms with Gasteiger partial charge in [0.2, 0.25) is 0 Å². The molecule has 0 fully saturated rings. The first-order valence-electron chi connectivity index (χ1n) is 7.58. The standard InChI is InChI=1S/C18H17NO7/c1-24-17(20)16(18(21)25-2)14-9-8-13(10-15(14)19(22)23)26-11-12-6-4-3-5-7-12/h3-10,16H,11H2,1-2H3. The van der Waals surface area contributed by atoms with Crippen molar-refractivity contribution in [1.29, 1.82) is 0 Å². The van der Waals surface area contributed by atoms with Crippen LogP contribution in [0.3, 0.4) is 0 Å². The maximum Gasteiger partial charge on any atom is 0.324 e. The van der Waals surface area contributed by atoms with E-state index in [1.807, 2.05) is 30.3 Å². The number of nitrogens with zero attached hydrogens (tertiary/aromatic N) is 1. The van der Waals surface area contributed by atoms with Crippen LogP contribution in [0.25, 0.3) is 0 Å². The van der Waals surface area contributed by atoms with E-state index in [0.717, 1.165) is 25.8 Å². The maximum atomic E-state index is 11.9. The topological polar surface area (TPSA) is 105 Å². The quantitative estimate of drug-likeness (QED) is 0.324. The van der Waals surface area contributed by atoms with Gasteiger partial charge in [0, 0.05) is 0 Å². The smallest absolute Gasteiger partial charge is 0.324 e. The molecule has 0 saturated heterocycles. The third kappa shape index (κ3) is 4.35. The van der Waals surface area contributed by atoms with Crippen LogP contribution in [-0.4, -0.2) is 31.1 Å². The Bertz CT molecular complexity index is 788. The average Bonchev–Trinajstić information content (AvgIpc) is 2.67. The van der Waals surface area contributed by atoms with Gasteiger partial charge in [0.1, 0.15) is 12.4 Å². The number of hydrogen-bond donors (Lipinski definition) is 0. The summed E-state index contributed by atoms with van der Waals surface area (Å²) in [4.78, 5) is 34.5. The molecule has 0 radical (unpaired) electrons. The summed E-state index contributed by atoms with van der Waals surface area (Å²) in [6, 6.07) is 13.2. The van der Waals surface area contributed by atoms with Crippen molar-refractivity contribution in [2.45, 2.75) is 12.5 Å². The van der Waals surface area contributed by atoms with Crippen LogP contribution in [0.2, 0.25) is 0 Å². The summed E-state index contributed by atoms with van der Waals surface area (Å²) in [5.41, 5.74) is 0.332. The van der Waals surface area contributed by atoms with E-state index in [2.05, 4.69) is 9.47 Å². The minimum Gasteiger partial charge on any atom is -0.489 e. The molecule has 0 bridgehead atoms. The first-order chi connectivity index (χ1) is 12.5. The van der Waals surface area contributed by atoms with E-state index >= 15 is 0 Å². The summed E-state index contributed by atoms with van der Waals surface area (Å²) in [5.74, 6) is -3.21. The molecular formula is C18H17NO7. The number of nitro groups is 1. The molecule has 2 aromatic carbocycles. The fraction of sp³-hybridized carbons (Fsp3) is 0.222. The lowest BCUT2D eigenvalue weighted by Crippen LogP contribution is -2.25. The van der Waals surface area contributed by atoms with Crippen molar-refractivity contribution in [2.24, 2.45) is 0 Å². The van der Waals surface area contributed by atoms with Crippen molar-refractivity contribution >= 4 is 17.6 Å². The van der Waals surface area contributed by atoms with Crippen molar-refractivity contribution in [3.05, 3.63) is 69.8 Å². The molecule has 0 spiro atoms. The minimum atomic E-state index is -1.55. The summed E-state index contributed by atoms with van der Waals surface area (Å²) in [6.45, 7) is 0.217. The molecule has 0 saturated carbocycles. The Hall–Kier alpha value is -3.42. The van der Waals surface area contributed by atoms with Gasteiger partial charge in [-0.3, -0.25) is 19.7 Å². The Morgan fingerprint density at radius 3 is 2.19 bits per heavy atom. The third-order valence-electron chi connectivity index (χ3n) is 3.63. The molecule has 26 heavy (non-hydrogen) atoms. The highest BCUT2D eigenvalue weighted by molar-refractivity contribution is 6.01. The Morgan fingerprint density at radius 1 is 1.04 bits per heavy atom.